The molecule has 7 heteroatoms. The van der Waals surface area contributed by atoms with Gasteiger partial charge in [-0.3, -0.25) is 0 Å². The zero-order valence-corrected chi connectivity index (χ0v) is 9.77. The summed E-state index contributed by atoms with van der Waals surface area (Å²) in [6, 6.07) is 0. The van der Waals surface area contributed by atoms with E-state index in [-0.39, 0.29) is 15.6 Å². The quantitative estimate of drug-likeness (QED) is 0.352. The van der Waals surface area contributed by atoms with Crippen LogP contribution >= 0.6 is 34.8 Å². The zero-order chi connectivity index (χ0) is 10.7. The molecule has 0 aliphatic heterocycles. The Kier molecular flexibility index (Phi) is 3.92. The molecular formula is C7H7Cl3N4. The van der Waals surface area contributed by atoms with E-state index < -0.39 is 0 Å². The van der Waals surface area contributed by atoms with Gasteiger partial charge in [0.15, 0.2) is 10.3 Å². The van der Waals surface area contributed by atoms with Crippen LogP contribution in [-0.2, 0) is 0 Å². The summed E-state index contributed by atoms with van der Waals surface area (Å²) in [7, 11) is 3.64. The van der Waals surface area contributed by atoms with Crippen molar-refractivity contribution in [2.24, 2.45) is 4.99 Å². The van der Waals surface area contributed by atoms with E-state index in [9.17, 15) is 0 Å². The monoisotopic (exact) mass is 252 g/mol. The maximum atomic E-state index is 5.77. The molecule has 1 aromatic rings. The number of rotatable bonds is 2. The van der Waals surface area contributed by atoms with E-state index >= 15 is 0 Å². The SMILES string of the molecule is CN(C)C=Nc1c(Cl)nc(Cl)nc1Cl. The molecule has 0 saturated heterocycles. The molecule has 1 rings (SSSR count). The number of halogens is 3. The molecule has 0 saturated carbocycles. The highest BCUT2D eigenvalue weighted by molar-refractivity contribution is 6.38. The minimum Gasteiger partial charge on any atom is -0.369 e. The second-order valence-electron chi connectivity index (χ2n) is 2.63. The Morgan fingerprint density at radius 2 is 1.64 bits per heavy atom. The Bertz CT molecular complexity index is 341. The average Bonchev–Trinajstić information content (AvgIpc) is 2.01. The van der Waals surface area contributed by atoms with Gasteiger partial charge >= 0.3 is 0 Å². The van der Waals surface area contributed by atoms with E-state index in [1.54, 1.807) is 11.2 Å². The van der Waals surface area contributed by atoms with Crippen LogP contribution in [0.3, 0.4) is 0 Å². The topological polar surface area (TPSA) is 41.4 Å². The minimum atomic E-state index is 0.00352. The predicted octanol–water partition coefficient (Wildman–Crippen LogP) is 2.66. The van der Waals surface area contributed by atoms with Gasteiger partial charge in [0.05, 0.1) is 6.34 Å². The van der Waals surface area contributed by atoms with Crippen LogP contribution in [0, 0.1) is 0 Å². The molecule has 0 spiro atoms. The third-order valence-corrected chi connectivity index (χ3v) is 1.89. The normalized spacial score (nSPS) is 10.9. The first kappa shape index (κ1) is 11.5. The summed E-state index contributed by atoms with van der Waals surface area (Å²) in [6.07, 6.45) is 1.55. The lowest BCUT2D eigenvalue weighted by atomic mass is 10.5. The van der Waals surface area contributed by atoms with E-state index in [2.05, 4.69) is 15.0 Å². The van der Waals surface area contributed by atoms with E-state index in [0.717, 1.165) is 0 Å². The summed E-state index contributed by atoms with van der Waals surface area (Å²) in [4.78, 5) is 13.2. The first-order valence-electron chi connectivity index (χ1n) is 3.60. The molecule has 4 nitrogen and oxygen atoms in total. The molecule has 0 aliphatic carbocycles. The van der Waals surface area contributed by atoms with E-state index in [0.29, 0.717) is 5.69 Å². The molecule has 0 aliphatic rings. The molecule has 0 N–H and O–H groups in total. The fraction of sp³-hybridized carbons (Fsp3) is 0.286. The summed E-state index contributed by atoms with van der Waals surface area (Å²) in [6.45, 7) is 0. The number of hydrogen-bond donors (Lipinski definition) is 0. The summed E-state index contributed by atoms with van der Waals surface area (Å²) >= 11 is 17.1. The highest BCUT2D eigenvalue weighted by Gasteiger charge is 2.08. The summed E-state index contributed by atoms with van der Waals surface area (Å²) < 4.78 is 0. The van der Waals surface area contributed by atoms with Crippen LogP contribution in [0.1, 0.15) is 0 Å². The van der Waals surface area contributed by atoms with Crippen LogP contribution in [0.2, 0.25) is 15.6 Å². The van der Waals surface area contributed by atoms with Crippen molar-refractivity contribution in [2.75, 3.05) is 14.1 Å². The Morgan fingerprint density at radius 1 is 1.14 bits per heavy atom. The standard InChI is InChI=1S/C7H7Cl3N4/c1-14(2)3-11-4-5(8)12-7(10)13-6(4)9/h3H,1-2H3. The highest BCUT2D eigenvalue weighted by atomic mass is 35.5. The van der Waals surface area contributed by atoms with Crippen molar-refractivity contribution < 1.29 is 0 Å². The van der Waals surface area contributed by atoms with Crippen LogP contribution in [-0.4, -0.2) is 35.3 Å². The van der Waals surface area contributed by atoms with Crippen LogP contribution in [0.25, 0.3) is 0 Å². The van der Waals surface area contributed by atoms with E-state index in [4.69, 9.17) is 34.8 Å². The van der Waals surface area contributed by atoms with Gasteiger partial charge in [0, 0.05) is 14.1 Å². The summed E-state index contributed by atoms with van der Waals surface area (Å²) in [5.41, 5.74) is 0.312. The number of aromatic nitrogens is 2. The van der Waals surface area contributed by atoms with Gasteiger partial charge in [0.2, 0.25) is 5.28 Å². The molecule has 1 heterocycles. The first-order chi connectivity index (χ1) is 6.50. The Labute approximate surface area is 96.5 Å². The first-order valence-corrected chi connectivity index (χ1v) is 4.73. The number of aliphatic imine (C=N–C) groups is 1. The van der Waals surface area contributed by atoms with Gasteiger partial charge in [0.25, 0.3) is 0 Å². The van der Waals surface area contributed by atoms with Crippen molar-refractivity contribution >= 4 is 46.8 Å². The van der Waals surface area contributed by atoms with Crippen LogP contribution in [0.4, 0.5) is 5.69 Å². The second-order valence-corrected chi connectivity index (χ2v) is 3.69. The smallest absolute Gasteiger partial charge is 0.225 e. The highest BCUT2D eigenvalue weighted by Crippen LogP contribution is 2.30. The average molecular weight is 254 g/mol. The van der Waals surface area contributed by atoms with Crippen molar-refractivity contribution in [1.82, 2.24) is 14.9 Å². The van der Waals surface area contributed by atoms with Gasteiger partial charge in [-0.05, 0) is 11.6 Å². The molecule has 0 amide bonds. The van der Waals surface area contributed by atoms with Crippen LogP contribution in [0.15, 0.2) is 4.99 Å². The van der Waals surface area contributed by atoms with Gasteiger partial charge in [-0.2, -0.15) is 0 Å². The van der Waals surface area contributed by atoms with Crippen molar-refractivity contribution in [2.45, 2.75) is 0 Å². The van der Waals surface area contributed by atoms with Gasteiger partial charge in [-0.1, -0.05) is 23.2 Å². The van der Waals surface area contributed by atoms with Crippen molar-refractivity contribution in [3.05, 3.63) is 15.6 Å². The molecule has 0 bridgehead atoms. The minimum absolute atomic E-state index is 0.00352. The lowest BCUT2D eigenvalue weighted by Gasteiger charge is -2.04. The molecule has 0 aromatic carbocycles. The Hall–Kier alpha value is -0.580. The molecule has 76 valence electrons. The molecule has 1 aromatic heterocycles. The molecule has 0 radical (unpaired) electrons. The maximum absolute atomic E-state index is 5.77. The lowest BCUT2D eigenvalue weighted by molar-refractivity contribution is 0.643. The van der Waals surface area contributed by atoms with Crippen molar-refractivity contribution in [3.8, 4) is 0 Å². The van der Waals surface area contributed by atoms with E-state index in [1.807, 2.05) is 14.1 Å². The Balaban J connectivity index is 3.09. The third-order valence-electron chi connectivity index (χ3n) is 1.19. The van der Waals surface area contributed by atoms with Gasteiger partial charge in [-0.25, -0.2) is 15.0 Å². The maximum Gasteiger partial charge on any atom is 0.225 e. The molecule has 0 atom stereocenters. The van der Waals surface area contributed by atoms with Crippen molar-refractivity contribution in [3.63, 3.8) is 0 Å². The van der Waals surface area contributed by atoms with Gasteiger partial charge in [0.1, 0.15) is 5.69 Å². The largest absolute Gasteiger partial charge is 0.369 e. The molecule has 0 unspecified atom stereocenters. The van der Waals surface area contributed by atoms with E-state index in [1.165, 1.54) is 0 Å². The third kappa shape index (κ3) is 2.97. The fourth-order valence-electron chi connectivity index (χ4n) is 0.658. The lowest BCUT2D eigenvalue weighted by Crippen LogP contribution is -2.07. The summed E-state index contributed by atoms with van der Waals surface area (Å²) in [5, 5.41) is 0.269. The van der Waals surface area contributed by atoms with Crippen molar-refractivity contribution in [1.29, 1.82) is 0 Å². The summed E-state index contributed by atoms with van der Waals surface area (Å²) in [5.74, 6) is 0. The molecule has 14 heavy (non-hydrogen) atoms. The second kappa shape index (κ2) is 4.77. The van der Waals surface area contributed by atoms with Gasteiger partial charge < -0.3 is 4.90 Å². The molecular weight excluding hydrogens is 246 g/mol. The zero-order valence-electron chi connectivity index (χ0n) is 7.50. The molecule has 0 fully saturated rings. The Morgan fingerprint density at radius 3 is 2.07 bits per heavy atom. The number of nitrogens with zero attached hydrogens (tertiary/aromatic N) is 4. The number of hydrogen-bond acceptors (Lipinski definition) is 3. The van der Waals surface area contributed by atoms with Crippen LogP contribution in [0.5, 0.6) is 0 Å². The predicted molar refractivity (Wildman–Crippen MR) is 58.9 cm³/mol. The fourth-order valence-corrected chi connectivity index (χ4v) is 1.40. The van der Waals surface area contributed by atoms with Gasteiger partial charge in [-0.15, -0.1) is 0 Å². The van der Waals surface area contributed by atoms with Crippen LogP contribution < -0.4 is 0 Å².